The van der Waals surface area contributed by atoms with Gasteiger partial charge in [-0.05, 0) is 103 Å². The Labute approximate surface area is 366 Å². The van der Waals surface area contributed by atoms with Crippen LogP contribution in [0, 0.1) is 29.6 Å². The van der Waals surface area contributed by atoms with Gasteiger partial charge in [0.1, 0.15) is 17.2 Å². The molecule has 10 rings (SSSR count). The number of methoxy groups -OCH3 is 1. The Balaban J connectivity index is 1.09. The van der Waals surface area contributed by atoms with Crippen molar-refractivity contribution in [2.45, 2.75) is 24.7 Å². The molecule has 310 valence electrons. The Morgan fingerprint density at radius 2 is 1.58 bits per heavy atom. The molecule has 2 aliphatic carbocycles. The van der Waals surface area contributed by atoms with E-state index in [9.17, 15) is 19.5 Å². The zero-order valence-electron chi connectivity index (χ0n) is 33.1. The summed E-state index contributed by atoms with van der Waals surface area (Å²) in [7, 11) is 1.54. The van der Waals surface area contributed by atoms with E-state index in [1.165, 1.54) is 24.1 Å². The number of imide groups is 2. The third-order valence-corrected chi connectivity index (χ3v) is 13.7. The number of phenols is 1. The number of rotatable bonds is 8. The number of ketones is 1. The number of nitrogens with one attached hydrogen (secondary N) is 1. The van der Waals surface area contributed by atoms with E-state index in [-0.39, 0.29) is 47.4 Å². The maximum absolute atomic E-state index is 15.6. The Kier molecular flexibility index (Phi) is 9.57. The summed E-state index contributed by atoms with van der Waals surface area (Å²) in [6.07, 6.45) is 4.10. The smallest absolute Gasteiger partial charge is 0.260 e. The predicted octanol–water partition coefficient (Wildman–Crippen LogP) is 8.48. The molecule has 5 aliphatic rings. The first-order valence-electron chi connectivity index (χ1n) is 20.2. The number of hydrogen-bond donors (Lipinski definition) is 2. The Hall–Kier alpha value is -6.69. The number of halogens is 2. The number of ether oxygens (including phenoxy) is 2. The normalized spacial score (nSPS) is 24.9. The van der Waals surface area contributed by atoms with Crippen molar-refractivity contribution in [1.29, 1.82) is 0 Å². The third-order valence-electron chi connectivity index (χ3n) is 13.2. The fourth-order valence-electron chi connectivity index (χ4n) is 10.4. The first kappa shape index (κ1) is 39.4. The SMILES string of the molecule is COc1ccc(C23C(=O)N(Nc4ccc(Cl)cc4Cl)C(=O)C2CC2C(=CCC4C(=O)N(c5ccc(C(=O)c6ccccc6)cc5)C(=O)C42)C3C2=COc3ccc(O)cc3C2)cc1. The van der Waals surface area contributed by atoms with Gasteiger partial charge in [0, 0.05) is 34.1 Å². The van der Waals surface area contributed by atoms with E-state index in [2.05, 4.69) is 5.43 Å². The van der Waals surface area contributed by atoms with Gasteiger partial charge < -0.3 is 14.6 Å². The second-order valence-corrected chi connectivity index (χ2v) is 17.1. The Morgan fingerprint density at radius 1 is 0.839 bits per heavy atom. The minimum Gasteiger partial charge on any atom is -0.508 e. The highest BCUT2D eigenvalue weighted by Crippen LogP contribution is 2.63. The van der Waals surface area contributed by atoms with E-state index >= 15 is 9.59 Å². The lowest BCUT2D eigenvalue weighted by Gasteiger charge is -2.51. The van der Waals surface area contributed by atoms with Crippen molar-refractivity contribution in [3.63, 3.8) is 0 Å². The maximum Gasteiger partial charge on any atom is 0.260 e. The molecule has 1 saturated carbocycles. The number of hydrazine groups is 1. The van der Waals surface area contributed by atoms with Crippen molar-refractivity contribution in [2.75, 3.05) is 17.4 Å². The molecule has 3 fully saturated rings. The first-order valence-corrected chi connectivity index (χ1v) is 20.9. The summed E-state index contributed by atoms with van der Waals surface area (Å²) in [6, 6.07) is 31.8. The molecule has 0 radical (unpaired) electrons. The van der Waals surface area contributed by atoms with Gasteiger partial charge in [-0.25, -0.2) is 0 Å². The minimum absolute atomic E-state index is 0.0348. The molecule has 62 heavy (non-hydrogen) atoms. The number of hydrogen-bond acceptors (Lipinski definition) is 9. The van der Waals surface area contributed by atoms with E-state index < -0.39 is 52.7 Å². The highest BCUT2D eigenvalue weighted by molar-refractivity contribution is 6.36. The number of fused-ring (bicyclic) bond motifs is 5. The lowest BCUT2D eigenvalue weighted by atomic mass is 9.48. The number of anilines is 2. The molecule has 13 heteroatoms. The summed E-state index contributed by atoms with van der Waals surface area (Å²) in [5.74, 6) is -5.08. The van der Waals surface area contributed by atoms with Crippen molar-refractivity contribution in [1.82, 2.24) is 5.01 Å². The number of allylic oxidation sites excluding steroid dienone is 3. The molecule has 5 aromatic carbocycles. The van der Waals surface area contributed by atoms with Gasteiger partial charge in [-0.1, -0.05) is 77.3 Å². The van der Waals surface area contributed by atoms with Crippen molar-refractivity contribution in [3.8, 4) is 17.2 Å². The van der Waals surface area contributed by atoms with E-state index in [1.54, 1.807) is 103 Å². The summed E-state index contributed by atoms with van der Waals surface area (Å²) in [5, 5.41) is 12.1. The van der Waals surface area contributed by atoms with Crippen LogP contribution in [-0.2, 0) is 31.0 Å². The molecule has 11 nitrogen and oxygen atoms in total. The van der Waals surface area contributed by atoms with Crippen LogP contribution in [0.4, 0.5) is 11.4 Å². The van der Waals surface area contributed by atoms with Crippen LogP contribution >= 0.6 is 23.2 Å². The molecule has 6 atom stereocenters. The number of benzene rings is 5. The maximum atomic E-state index is 15.6. The van der Waals surface area contributed by atoms with Gasteiger partial charge in [0.2, 0.25) is 11.8 Å². The Morgan fingerprint density at radius 3 is 2.31 bits per heavy atom. The molecule has 3 aliphatic heterocycles. The standard InChI is InChI=1S/C49H37Cl2N3O8/c1-61-34-15-9-30(10-16-34)49-38(46(58)54(48(49)60)52-40-19-11-31(50)23-39(40)51)24-37-35(43(49)29-21-28-22-33(55)14-20-41(28)62-25-29)17-18-36-42(37)47(59)53(45(36)57)32-12-7-27(8-13-32)44(56)26-5-3-2-4-6-26/h2-17,19-20,22-23,25,36-38,42-43,52,55H,18,21,24H2,1H3. The highest BCUT2D eigenvalue weighted by atomic mass is 35.5. The van der Waals surface area contributed by atoms with Gasteiger partial charge in [-0.2, -0.15) is 5.01 Å². The van der Waals surface area contributed by atoms with Crippen LogP contribution in [0.1, 0.15) is 39.9 Å². The molecule has 0 aromatic heterocycles. The molecule has 0 bridgehead atoms. The number of carbonyl (C=O) groups is 5. The predicted molar refractivity (Wildman–Crippen MR) is 231 cm³/mol. The van der Waals surface area contributed by atoms with Crippen LogP contribution in [0.2, 0.25) is 10.0 Å². The number of aromatic hydroxyl groups is 1. The largest absolute Gasteiger partial charge is 0.508 e. The molecular weight excluding hydrogens is 829 g/mol. The van der Waals surface area contributed by atoms with E-state index in [0.29, 0.717) is 50.0 Å². The second kappa shape index (κ2) is 15.0. The van der Waals surface area contributed by atoms with Crippen LogP contribution in [0.5, 0.6) is 17.2 Å². The van der Waals surface area contributed by atoms with Gasteiger partial charge in [0.25, 0.3) is 11.8 Å². The fourth-order valence-corrected chi connectivity index (χ4v) is 10.9. The molecule has 5 aromatic rings. The molecule has 4 amide bonds. The first-order chi connectivity index (χ1) is 30.0. The average Bonchev–Trinajstić information content (AvgIpc) is 3.67. The summed E-state index contributed by atoms with van der Waals surface area (Å²) in [4.78, 5) is 74.5. The third kappa shape index (κ3) is 6.05. The van der Waals surface area contributed by atoms with Crippen LogP contribution in [-0.4, -0.2) is 46.6 Å². The van der Waals surface area contributed by atoms with E-state index in [1.807, 2.05) is 12.1 Å². The highest BCUT2D eigenvalue weighted by Gasteiger charge is 2.71. The number of carbonyl (C=O) groups excluding carboxylic acids is 5. The number of amides is 4. The van der Waals surface area contributed by atoms with Gasteiger partial charge in [-0.3, -0.25) is 34.3 Å². The van der Waals surface area contributed by atoms with Gasteiger partial charge in [0.05, 0.1) is 52.9 Å². The number of phenolic OH excluding ortho intramolecular Hbond substituents is 1. The lowest BCUT2D eigenvalue weighted by molar-refractivity contribution is -0.139. The zero-order chi connectivity index (χ0) is 43.0. The summed E-state index contributed by atoms with van der Waals surface area (Å²) < 4.78 is 11.7. The summed E-state index contributed by atoms with van der Waals surface area (Å²) in [5.41, 5.74) is 5.58. The van der Waals surface area contributed by atoms with Crippen molar-refractivity contribution in [3.05, 3.63) is 171 Å². The zero-order valence-corrected chi connectivity index (χ0v) is 34.6. The van der Waals surface area contributed by atoms with Gasteiger partial charge >= 0.3 is 0 Å². The second-order valence-electron chi connectivity index (χ2n) is 16.2. The molecule has 3 heterocycles. The van der Waals surface area contributed by atoms with Crippen molar-refractivity contribution >= 4 is 64.0 Å². The van der Waals surface area contributed by atoms with E-state index in [0.717, 1.165) is 10.6 Å². The quantitative estimate of drug-likeness (QED) is 0.0893. The lowest BCUT2D eigenvalue weighted by Crippen LogP contribution is -2.55. The summed E-state index contributed by atoms with van der Waals surface area (Å²) in [6.45, 7) is 0. The molecular formula is C49H37Cl2N3O8. The average molecular weight is 867 g/mol. The van der Waals surface area contributed by atoms with Crippen LogP contribution in [0.15, 0.2) is 139 Å². The van der Waals surface area contributed by atoms with Crippen LogP contribution in [0.25, 0.3) is 0 Å². The fraction of sp³-hybridized carbons (Fsp3) is 0.204. The monoisotopic (exact) mass is 865 g/mol. The minimum atomic E-state index is -1.58. The number of nitrogens with zero attached hydrogens (tertiary/aromatic N) is 2. The summed E-state index contributed by atoms with van der Waals surface area (Å²) >= 11 is 12.8. The van der Waals surface area contributed by atoms with E-state index in [4.69, 9.17) is 32.7 Å². The molecule has 0 spiro atoms. The van der Waals surface area contributed by atoms with Gasteiger partial charge in [-0.15, -0.1) is 0 Å². The molecule has 6 unspecified atom stereocenters. The van der Waals surface area contributed by atoms with Gasteiger partial charge in [0.15, 0.2) is 5.78 Å². The topological polar surface area (TPSA) is 143 Å². The Bertz CT molecular complexity index is 2790. The van der Waals surface area contributed by atoms with Crippen molar-refractivity contribution in [2.24, 2.45) is 29.6 Å². The van der Waals surface area contributed by atoms with Crippen LogP contribution < -0.4 is 19.8 Å². The van der Waals surface area contributed by atoms with Crippen molar-refractivity contribution < 1.29 is 38.6 Å². The molecule has 2 N–H and O–H groups in total. The van der Waals surface area contributed by atoms with Crippen LogP contribution in [0.3, 0.4) is 0 Å². The molecule has 2 saturated heterocycles.